The molecule has 0 fully saturated rings. The highest BCUT2D eigenvalue weighted by Gasteiger charge is 2.19. The number of nitrogen functional groups attached to an aromatic ring is 1. The molecule has 0 aliphatic heterocycles. The van der Waals surface area contributed by atoms with Crippen LogP contribution in [0.3, 0.4) is 0 Å². The van der Waals surface area contributed by atoms with Crippen molar-refractivity contribution in [3.8, 4) is 11.6 Å². The molecule has 0 aliphatic carbocycles. The molecule has 0 atom stereocenters. The van der Waals surface area contributed by atoms with Gasteiger partial charge in [-0.2, -0.15) is 0 Å². The second kappa shape index (κ2) is 5.52. The van der Waals surface area contributed by atoms with Crippen molar-refractivity contribution in [1.29, 1.82) is 5.41 Å². The van der Waals surface area contributed by atoms with Gasteiger partial charge in [0.25, 0.3) is 0 Å². The molecule has 0 aliphatic rings. The highest BCUT2D eigenvalue weighted by atomic mass is 16.5. The molecule has 5 nitrogen and oxygen atoms in total. The van der Waals surface area contributed by atoms with E-state index in [9.17, 15) is 0 Å². The standard InChI is InChI=1S/C16H20N4O/c1-10-5-6-13(11(7-10)16(2,3)4)21-14-9-19-12(8-20-14)15(17)18/h5-9H,1-4H3,(H3,17,18). The van der Waals surface area contributed by atoms with Crippen LogP contribution in [-0.4, -0.2) is 15.8 Å². The van der Waals surface area contributed by atoms with E-state index in [1.54, 1.807) is 0 Å². The predicted octanol–water partition coefficient (Wildman–Crippen LogP) is 3.16. The van der Waals surface area contributed by atoms with Crippen LogP contribution >= 0.6 is 0 Å². The van der Waals surface area contributed by atoms with Crippen LogP contribution in [0.2, 0.25) is 0 Å². The molecule has 110 valence electrons. The fourth-order valence-corrected chi connectivity index (χ4v) is 1.94. The summed E-state index contributed by atoms with van der Waals surface area (Å²) < 4.78 is 5.84. The quantitative estimate of drug-likeness (QED) is 0.669. The Hall–Kier alpha value is -2.43. The first-order chi connectivity index (χ1) is 9.77. The summed E-state index contributed by atoms with van der Waals surface area (Å²) in [4.78, 5) is 8.18. The zero-order valence-electron chi connectivity index (χ0n) is 12.8. The molecule has 1 aromatic carbocycles. The number of nitrogens with one attached hydrogen (secondary N) is 1. The lowest BCUT2D eigenvalue weighted by Gasteiger charge is -2.23. The van der Waals surface area contributed by atoms with Crippen molar-refractivity contribution in [2.45, 2.75) is 33.1 Å². The lowest BCUT2D eigenvalue weighted by molar-refractivity contribution is 0.437. The molecule has 0 saturated carbocycles. The van der Waals surface area contributed by atoms with Gasteiger partial charge in [-0.3, -0.25) is 5.41 Å². The van der Waals surface area contributed by atoms with Crippen molar-refractivity contribution in [1.82, 2.24) is 9.97 Å². The summed E-state index contributed by atoms with van der Waals surface area (Å²) in [5.74, 6) is 1.03. The number of nitrogens with zero attached hydrogens (tertiary/aromatic N) is 2. The van der Waals surface area contributed by atoms with Gasteiger partial charge in [-0.05, 0) is 18.4 Å². The second-order valence-corrected chi connectivity index (χ2v) is 6.01. The zero-order chi connectivity index (χ0) is 15.6. The minimum absolute atomic E-state index is 0.0336. The summed E-state index contributed by atoms with van der Waals surface area (Å²) in [6, 6.07) is 6.06. The van der Waals surface area contributed by atoms with Crippen molar-refractivity contribution in [2.75, 3.05) is 0 Å². The fraction of sp³-hybridized carbons (Fsp3) is 0.312. The van der Waals surface area contributed by atoms with E-state index in [0.717, 1.165) is 11.3 Å². The maximum absolute atomic E-state index is 7.30. The first kappa shape index (κ1) is 15.0. The van der Waals surface area contributed by atoms with Gasteiger partial charge < -0.3 is 10.5 Å². The van der Waals surface area contributed by atoms with Gasteiger partial charge in [-0.1, -0.05) is 38.5 Å². The maximum Gasteiger partial charge on any atom is 0.237 e. The highest BCUT2D eigenvalue weighted by molar-refractivity contribution is 5.92. The van der Waals surface area contributed by atoms with Gasteiger partial charge in [0.1, 0.15) is 17.3 Å². The van der Waals surface area contributed by atoms with Crippen molar-refractivity contribution < 1.29 is 4.74 Å². The van der Waals surface area contributed by atoms with Crippen LogP contribution in [0.4, 0.5) is 0 Å². The molecule has 5 heteroatoms. The third-order valence-corrected chi connectivity index (χ3v) is 3.06. The molecule has 0 saturated heterocycles. The summed E-state index contributed by atoms with van der Waals surface area (Å²) in [6.45, 7) is 8.47. The van der Waals surface area contributed by atoms with Crippen molar-refractivity contribution in [3.63, 3.8) is 0 Å². The molecule has 0 amide bonds. The first-order valence-corrected chi connectivity index (χ1v) is 6.73. The Kier molecular flexibility index (Phi) is 3.93. The molecular weight excluding hydrogens is 264 g/mol. The lowest BCUT2D eigenvalue weighted by atomic mass is 9.85. The van der Waals surface area contributed by atoms with Crippen LogP contribution in [0.25, 0.3) is 0 Å². The van der Waals surface area contributed by atoms with Crippen molar-refractivity contribution >= 4 is 5.84 Å². The highest BCUT2D eigenvalue weighted by Crippen LogP contribution is 2.34. The average molecular weight is 284 g/mol. The maximum atomic E-state index is 7.30. The minimum Gasteiger partial charge on any atom is -0.437 e. The average Bonchev–Trinajstić information content (AvgIpc) is 2.40. The smallest absolute Gasteiger partial charge is 0.237 e. The van der Waals surface area contributed by atoms with E-state index in [2.05, 4.69) is 43.7 Å². The summed E-state index contributed by atoms with van der Waals surface area (Å²) >= 11 is 0. The Labute approximate surface area is 124 Å². The molecule has 1 aromatic heterocycles. The number of hydrogen-bond donors (Lipinski definition) is 2. The van der Waals surface area contributed by atoms with E-state index >= 15 is 0 Å². The number of nitrogens with two attached hydrogens (primary N) is 1. The molecule has 0 radical (unpaired) electrons. The summed E-state index contributed by atoms with van der Waals surface area (Å²) in [5, 5.41) is 7.30. The number of ether oxygens (including phenoxy) is 1. The van der Waals surface area contributed by atoms with Gasteiger partial charge in [-0.25, -0.2) is 9.97 Å². The minimum atomic E-state index is -0.111. The normalized spacial score (nSPS) is 11.2. The van der Waals surface area contributed by atoms with E-state index < -0.39 is 0 Å². The Morgan fingerprint density at radius 2 is 1.90 bits per heavy atom. The number of aromatic nitrogens is 2. The topological polar surface area (TPSA) is 84.9 Å². The van der Waals surface area contributed by atoms with Crippen LogP contribution in [0.1, 0.15) is 37.6 Å². The number of rotatable bonds is 3. The SMILES string of the molecule is Cc1ccc(Oc2cnc(C(=N)N)cn2)c(C(C)(C)C)c1. The molecule has 0 bridgehead atoms. The summed E-state index contributed by atoms with van der Waals surface area (Å²) in [7, 11) is 0. The van der Waals surface area contributed by atoms with Gasteiger partial charge in [-0.15, -0.1) is 0 Å². The predicted molar refractivity (Wildman–Crippen MR) is 83.0 cm³/mol. The van der Waals surface area contributed by atoms with Crippen LogP contribution in [0.5, 0.6) is 11.6 Å². The van der Waals surface area contributed by atoms with Crippen LogP contribution in [0.15, 0.2) is 30.6 Å². The van der Waals surface area contributed by atoms with E-state index in [1.165, 1.54) is 18.0 Å². The van der Waals surface area contributed by atoms with Gasteiger partial charge in [0.2, 0.25) is 5.88 Å². The van der Waals surface area contributed by atoms with Crippen LogP contribution < -0.4 is 10.5 Å². The largest absolute Gasteiger partial charge is 0.437 e. The Morgan fingerprint density at radius 1 is 1.19 bits per heavy atom. The number of hydrogen-bond acceptors (Lipinski definition) is 4. The Bertz CT molecular complexity index is 657. The monoisotopic (exact) mass is 284 g/mol. The van der Waals surface area contributed by atoms with Crippen LogP contribution in [0, 0.1) is 12.3 Å². The van der Waals surface area contributed by atoms with Gasteiger partial charge in [0.15, 0.2) is 0 Å². The molecule has 1 heterocycles. The molecule has 0 unspecified atom stereocenters. The van der Waals surface area contributed by atoms with Gasteiger partial charge in [0, 0.05) is 5.56 Å². The summed E-state index contributed by atoms with van der Waals surface area (Å²) in [5.41, 5.74) is 7.95. The third-order valence-electron chi connectivity index (χ3n) is 3.06. The van der Waals surface area contributed by atoms with E-state index in [1.807, 2.05) is 12.1 Å². The lowest BCUT2D eigenvalue weighted by Crippen LogP contribution is -2.14. The zero-order valence-corrected chi connectivity index (χ0v) is 12.8. The second-order valence-electron chi connectivity index (χ2n) is 6.01. The summed E-state index contributed by atoms with van der Waals surface area (Å²) in [6.07, 6.45) is 2.91. The van der Waals surface area contributed by atoms with Gasteiger partial charge >= 0.3 is 0 Å². The molecule has 2 aromatic rings. The first-order valence-electron chi connectivity index (χ1n) is 6.73. The third kappa shape index (κ3) is 3.56. The van der Waals surface area contributed by atoms with E-state index in [4.69, 9.17) is 15.9 Å². The van der Waals surface area contributed by atoms with Crippen molar-refractivity contribution in [2.24, 2.45) is 5.73 Å². The fourth-order valence-electron chi connectivity index (χ4n) is 1.94. The number of amidine groups is 1. The molecule has 3 N–H and O–H groups in total. The van der Waals surface area contributed by atoms with E-state index in [0.29, 0.717) is 11.6 Å². The van der Waals surface area contributed by atoms with E-state index in [-0.39, 0.29) is 11.3 Å². The van der Waals surface area contributed by atoms with Gasteiger partial charge in [0.05, 0.1) is 12.4 Å². The Morgan fingerprint density at radius 3 is 2.43 bits per heavy atom. The number of aryl methyl sites for hydroxylation is 1. The Balaban J connectivity index is 2.33. The molecule has 21 heavy (non-hydrogen) atoms. The van der Waals surface area contributed by atoms with Crippen LogP contribution in [-0.2, 0) is 5.41 Å². The molecule has 2 rings (SSSR count). The molecule has 0 spiro atoms. The van der Waals surface area contributed by atoms with Crippen molar-refractivity contribution in [3.05, 3.63) is 47.4 Å². The molecular formula is C16H20N4O. The number of benzene rings is 1.